The number of halogens is 1. The monoisotopic (exact) mass is 302 g/mol. The highest BCUT2D eigenvalue weighted by atomic mass is 32.2. The van der Waals surface area contributed by atoms with Crippen LogP contribution in [0, 0.1) is 15.9 Å². The van der Waals surface area contributed by atoms with Crippen molar-refractivity contribution in [2.45, 2.75) is 17.7 Å². The Morgan fingerprint density at radius 3 is 2.60 bits per heavy atom. The maximum absolute atomic E-state index is 13.8. The molecule has 108 valence electrons. The second-order valence-corrected chi connectivity index (χ2v) is 6.26. The zero-order valence-electron chi connectivity index (χ0n) is 10.3. The minimum Gasteiger partial charge on any atom is -0.298 e. The van der Waals surface area contributed by atoms with Gasteiger partial charge in [-0.2, -0.15) is 4.31 Å². The van der Waals surface area contributed by atoms with Crippen molar-refractivity contribution in [3.05, 3.63) is 34.1 Å². The van der Waals surface area contributed by atoms with Crippen molar-refractivity contribution in [3.63, 3.8) is 0 Å². The third kappa shape index (κ3) is 2.68. The normalized spacial score (nSPS) is 17.1. The maximum Gasteiger partial charge on any atom is 0.272 e. The van der Waals surface area contributed by atoms with Gasteiger partial charge in [-0.05, 0) is 12.5 Å². The van der Waals surface area contributed by atoms with Gasteiger partial charge in [-0.15, -0.1) is 0 Å². The number of hydrogen-bond donors (Lipinski definition) is 0. The quantitative estimate of drug-likeness (QED) is 0.615. The molecular formula is C11H11FN2O5S. The lowest BCUT2D eigenvalue weighted by molar-refractivity contribution is -0.385. The smallest absolute Gasteiger partial charge is 0.272 e. The van der Waals surface area contributed by atoms with E-state index in [9.17, 15) is 27.7 Å². The zero-order chi connectivity index (χ0) is 14.9. The van der Waals surface area contributed by atoms with E-state index < -0.39 is 31.3 Å². The fraction of sp³-hybridized carbons (Fsp3) is 0.364. The highest BCUT2D eigenvalue weighted by molar-refractivity contribution is 7.89. The van der Waals surface area contributed by atoms with E-state index >= 15 is 0 Å². The molecular weight excluding hydrogens is 291 g/mol. The summed E-state index contributed by atoms with van der Waals surface area (Å²) in [5.74, 6) is -1.43. The van der Waals surface area contributed by atoms with Crippen LogP contribution in [-0.4, -0.2) is 36.5 Å². The Balaban J connectivity index is 2.39. The molecule has 1 aliphatic rings. The van der Waals surface area contributed by atoms with E-state index in [4.69, 9.17) is 0 Å². The highest BCUT2D eigenvalue weighted by Crippen LogP contribution is 2.24. The van der Waals surface area contributed by atoms with Gasteiger partial charge in [0.1, 0.15) is 16.5 Å². The molecule has 1 heterocycles. The molecule has 1 aliphatic heterocycles. The average Bonchev–Trinajstić information content (AvgIpc) is 2.38. The lowest BCUT2D eigenvalue weighted by atomic mass is 10.1. The van der Waals surface area contributed by atoms with Crippen molar-refractivity contribution in [1.29, 1.82) is 0 Å². The molecule has 0 atom stereocenters. The van der Waals surface area contributed by atoms with Crippen molar-refractivity contribution in [2.24, 2.45) is 0 Å². The fourth-order valence-electron chi connectivity index (χ4n) is 1.96. The molecule has 1 aromatic rings. The molecule has 0 saturated carbocycles. The standard InChI is InChI=1S/C11H11FN2O5S/c12-10-6-8(14(16)17)3-4-11(10)20(18,19)13-5-1-2-9(15)7-13/h3-4,6H,1-2,5,7H2. The largest absolute Gasteiger partial charge is 0.298 e. The number of piperidine rings is 1. The van der Waals surface area contributed by atoms with Crippen molar-refractivity contribution in [3.8, 4) is 0 Å². The molecule has 1 fully saturated rings. The Morgan fingerprint density at radius 2 is 2.05 bits per heavy atom. The molecule has 1 saturated heterocycles. The van der Waals surface area contributed by atoms with Gasteiger partial charge in [-0.25, -0.2) is 12.8 Å². The Kier molecular flexibility index (Phi) is 3.82. The van der Waals surface area contributed by atoms with E-state index in [1.807, 2.05) is 0 Å². The van der Waals surface area contributed by atoms with Gasteiger partial charge in [0.25, 0.3) is 5.69 Å². The minimum absolute atomic E-state index is 0.129. The number of rotatable bonds is 3. The summed E-state index contributed by atoms with van der Waals surface area (Å²) < 4.78 is 39.1. The van der Waals surface area contributed by atoms with Crippen molar-refractivity contribution < 1.29 is 22.5 Å². The second kappa shape index (κ2) is 5.25. The fourth-order valence-corrected chi connectivity index (χ4v) is 3.47. The van der Waals surface area contributed by atoms with Crippen LogP contribution < -0.4 is 0 Å². The molecule has 0 spiro atoms. The molecule has 0 unspecified atom stereocenters. The molecule has 0 aromatic heterocycles. The first kappa shape index (κ1) is 14.5. The van der Waals surface area contributed by atoms with Gasteiger partial charge in [-0.1, -0.05) is 0 Å². The number of benzene rings is 1. The highest BCUT2D eigenvalue weighted by Gasteiger charge is 2.31. The van der Waals surface area contributed by atoms with Crippen LogP contribution in [0.4, 0.5) is 10.1 Å². The predicted octanol–water partition coefficient (Wildman–Crippen LogP) is 1.09. The third-order valence-electron chi connectivity index (χ3n) is 2.96. The van der Waals surface area contributed by atoms with E-state index in [0.717, 1.165) is 16.4 Å². The van der Waals surface area contributed by atoms with E-state index in [2.05, 4.69) is 0 Å². The number of Topliss-reactive ketones (excluding diaryl/α,β-unsaturated/α-hetero) is 1. The van der Waals surface area contributed by atoms with Gasteiger partial charge < -0.3 is 0 Å². The lowest BCUT2D eigenvalue weighted by Crippen LogP contribution is -2.40. The molecule has 9 heteroatoms. The van der Waals surface area contributed by atoms with Crippen LogP contribution in [0.2, 0.25) is 0 Å². The number of nitrogens with zero attached hydrogens (tertiary/aromatic N) is 2. The van der Waals surface area contributed by atoms with E-state index in [0.29, 0.717) is 18.9 Å². The topological polar surface area (TPSA) is 97.6 Å². The SMILES string of the molecule is O=C1CCCN(S(=O)(=O)c2ccc([N+](=O)[O-])cc2F)C1. The van der Waals surface area contributed by atoms with Crippen LogP contribution in [0.3, 0.4) is 0 Å². The number of carbonyl (C=O) groups excluding carboxylic acids is 1. The number of non-ortho nitro benzene ring substituents is 1. The first-order valence-corrected chi connectivity index (χ1v) is 7.22. The van der Waals surface area contributed by atoms with E-state index in [1.165, 1.54) is 0 Å². The summed E-state index contributed by atoms with van der Waals surface area (Å²) >= 11 is 0. The van der Waals surface area contributed by atoms with Gasteiger partial charge in [0, 0.05) is 19.0 Å². The number of nitro benzene ring substituents is 1. The van der Waals surface area contributed by atoms with Gasteiger partial charge in [-0.3, -0.25) is 14.9 Å². The summed E-state index contributed by atoms with van der Waals surface area (Å²) in [5.41, 5.74) is -0.531. The van der Waals surface area contributed by atoms with Crippen LogP contribution in [0.5, 0.6) is 0 Å². The second-order valence-electron chi connectivity index (χ2n) is 4.35. The number of sulfonamides is 1. The summed E-state index contributed by atoms with van der Waals surface area (Å²) in [5, 5.41) is 10.5. The lowest BCUT2D eigenvalue weighted by Gasteiger charge is -2.25. The molecule has 0 N–H and O–H groups in total. The zero-order valence-corrected chi connectivity index (χ0v) is 11.1. The predicted molar refractivity (Wildman–Crippen MR) is 66.1 cm³/mol. The summed E-state index contributed by atoms with van der Waals surface area (Å²) in [6.07, 6.45) is 0.682. The Bertz CT molecular complexity index is 673. The number of ketones is 1. The molecule has 0 aliphatic carbocycles. The average molecular weight is 302 g/mol. The number of nitro groups is 1. The van der Waals surface area contributed by atoms with Gasteiger partial charge >= 0.3 is 0 Å². The van der Waals surface area contributed by atoms with Gasteiger partial charge in [0.15, 0.2) is 0 Å². The van der Waals surface area contributed by atoms with Crippen molar-refractivity contribution in [1.82, 2.24) is 4.31 Å². The van der Waals surface area contributed by atoms with Crippen LogP contribution in [0.15, 0.2) is 23.1 Å². The van der Waals surface area contributed by atoms with Crippen molar-refractivity contribution in [2.75, 3.05) is 13.1 Å². The third-order valence-corrected chi connectivity index (χ3v) is 4.84. The van der Waals surface area contributed by atoms with Gasteiger partial charge in [0.05, 0.1) is 17.5 Å². The molecule has 2 rings (SSSR count). The maximum atomic E-state index is 13.8. The first-order valence-electron chi connectivity index (χ1n) is 5.78. The summed E-state index contributed by atoms with van der Waals surface area (Å²) in [4.78, 5) is 20.3. The Morgan fingerprint density at radius 1 is 1.35 bits per heavy atom. The Hall–Kier alpha value is -1.87. The van der Waals surface area contributed by atoms with E-state index in [-0.39, 0.29) is 18.9 Å². The first-order chi connectivity index (χ1) is 9.32. The van der Waals surface area contributed by atoms with Crippen LogP contribution in [-0.2, 0) is 14.8 Å². The molecule has 0 radical (unpaired) electrons. The number of carbonyl (C=O) groups is 1. The summed E-state index contributed by atoms with van der Waals surface area (Å²) in [6.45, 7) is -0.163. The minimum atomic E-state index is -4.15. The molecule has 20 heavy (non-hydrogen) atoms. The molecule has 0 bridgehead atoms. The summed E-state index contributed by atoms with van der Waals surface area (Å²) in [7, 11) is -4.15. The Labute approximate surface area is 114 Å². The van der Waals surface area contributed by atoms with Crippen LogP contribution in [0.25, 0.3) is 0 Å². The van der Waals surface area contributed by atoms with Crippen LogP contribution in [0.1, 0.15) is 12.8 Å². The molecule has 0 amide bonds. The number of hydrogen-bond acceptors (Lipinski definition) is 5. The van der Waals surface area contributed by atoms with E-state index in [1.54, 1.807) is 0 Å². The van der Waals surface area contributed by atoms with Crippen LogP contribution >= 0.6 is 0 Å². The van der Waals surface area contributed by atoms with Gasteiger partial charge in [0.2, 0.25) is 10.0 Å². The molecule has 1 aromatic carbocycles. The molecule has 7 nitrogen and oxygen atoms in total. The van der Waals surface area contributed by atoms with Crippen molar-refractivity contribution >= 4 is 21.5 Å². The summed E-state index contributed by atoms with van der Waals surface area (Å²) in [6, 6.07) is 2.32.